The summed E-state index contributed by atoms with van der Waals surface area (Å²) >= 11 is 3.27. The highest BCUT2D eigenvalue weighted by molar-refractivity contribution is 9.10. The third-order valence-corrected chi connectivity index (χ3v) is 3.30. The molecule has 2 rings (SSSR count). The van der Waals surface area contributed by atoms with Crippen LogP contribution in [0, 0.1) is 11.3 Å². The van der Waals surface area contributed by atoms with Gasteiger partial charge in [0.1, 0.15) is 11.9 Å². The van der Waals surface area contributed by atoms with Gasteiger partial charge in [0.2, 0.25) is 5.76 Å². The minimum Gasteiger partial charge on any atom is -0.444 e. The highest BCUT2D eigenvalue weighted by Gasteiger charge is 2.09. The Morgan fingerprint density at radius 2 is 1.95 bits per heavy atom. The third-order valence-electron chi connectivity index (χ3n) is 2.47. The van der Waals surface area contributed by atoms with Gasteiger partial charge in [-0.3, -0.25) is 0 Å². The molecule has 0 saturated carbocycles. The van der Waals surface area contributed by atoms with E-state index in [0.717, 1.165) is 18.2 Å². The van der Waals surface area contributed by atoms with Crippen LogP contribution >= 0.6 is 15.9 Å². The summed E-state index contributed by atoms with van der Waals surface area (Å²) in [6.07, 6.45) is 8.80. The number of nitrogens with zero attached hydrogens (tertiary/aromatic N) is 2. The molecule has 0 aliphatic rings. The molecule has 2 aromatic rings. The van der Waals surface area contributed by atoms with E-state index in [1.165, 1.54) is 12.6 Å². The molecule has 4 nitrogen and oxygen atoms in total. The van der Waals surface area contributed by atoms with Crippen LogP contribution in [0.15, 0.2) is 46.5 Å². The number of aromatic nitrogens is 1. The van der Waals surface area contributed by atoms with Gasteiger partial charge in [0.15, 0.2) is 5.58 Å². The Kier molecular flexibility index (Phi) is 10.5. The average molecular weight is 364 g/mol. The quantitative estimate of drug-likeness (QED) is 0.566. The van der Waals surface area contributed by atoms with E-state index in [-0.39, 0.29) is 5.76 Å². The van der Waals surface area contributed by atoms with Crippen molar-refractivity contribution in [1.29, 1.82) is 5.26 Å². The second-order valence-corrected chi connectivity index (χ2v) is 4.76. The van der Waals surface area contributed by atoms with Gasteiger partial charge in [-0.15, -0.1) is 13.2 Å². The number of halogens is 1. The number of anilines is 1. The molecular formula is C17H22BrN3O. The van der Waals surface area contributed by atoms with E-state index in [4.69, 9.17) is 15.4 Å². The Morgan fingerprint density at radius 3 is 2.45 bits per heavy atom. The zero-order chi connectivity index (χ0) is 17.0. The van der Waals surface area contributed by atoms with Crippen molar-refractivity contribution in [3.05, 3.63) is 47.8 Å². The fourth-order valence-electron chi connectivity index (χ4n) is 1.46. The minimum atomic E-state index is 0.253. The molecule has 0 aromatic carbocycles. The van der Waals surface area contributed by atoms with Crippen LogP contribution in [0.4, 0.5) is 5.82 Å². The van der Waals surface area contributed by atoms with Crippen LogP contribution in [0.3, 0.4) is 0 Å². The van der Waals surface area contributed by atoms with Gasteiger partial charge >= 0.3 is 0 Å². The fourth-order valence-corrected chi connectivity index (χ4v) is 1.87. The van der Waals surface area contributed by atoms with Gasteiger partial charge in [-0.1, -0.05) is 26.0 Å². The van der Waals surface area contributed by atoms with Crippen LogP contribution in [0.5, 0.6) is 0 Å². The first kappa shape index (κ1) is 19.9. The molecule has 0 aliphatic carbocycles. The van der Waals surface area contributed by atoms with E-state index >= 15 is 0 Å². The summed E-state index contributed by atoms with van der Waals surface area (Å²) in [5.74, 6) is 0.640. The van der Waals surface area contributed by atoms with Crippen LogP contribution in [-0.4, -0.2) is 4.98 Å². The summed E-state index contributed by atoms with van der Waals surface area (Å²) < 4.78 is 5.81. The van der Waals surface area contributed by atoms with Crippen molar-refractivity contribution in [2.24, 2.45) is 0 Å². The molecule has 0 spiro atoms. The van der Waals surface area contributed by atoms with E-state index < -0.39 is 0 Å². The molecule has 0 unspecified atom stereocenters. The number of nitrogens with two attached hydrogens (primary N) is 1. The van der Waals surface area contributed by atoms with Crippen LogP contribution < -0.4 is 5.73 Å². The average Bonchev–Trinajstić information content (AvgIpc) is 2.98. The molecule has 2 N–H and O–H groups in total. The Labute approximate surface area is 140 Å². The Bertz CT molecular complexity index is 633. The van der Waals surface area contributed by atoms with Crippen molar-refractivity contribution in [2.45, 2.75) is 33.1 Å². The molecule has 22 heavy (non-hydrogen) atoms. The van der Waals surface area contributed by atoms with Crippen molar-refractivity contribution >= 4 is 32.7 Å². The van der Waals surface area contributed by atoms with Gasteiger partial charge in [-0.05, 0) is 35.2 Å². The number of pyridine rings is 1. The summed E-state index contributed by atoms with van der Waals surface area (Å²) in [6, 6.07) is 3.53. The van der Waals surface area contributed by atoms with Crippen LogP contribution in [-0.2, 0) is 0 Å². The van der Waals surface area contributed by atoms with Crippen molar-refractivity contribution < 1.29 is 4.42 Å². The lowest BCUT2D eigenvalue weighted by Gasteiger charge is -1.95. The second kappa shape index (κ2) is 11.6. The maximum absolute atomic E-state index is 8.59. The zero-order valence-corrected chi connectivity index (χ0v) is 14.7. The standard InChI is InChI=1S/C8H4BrN3O.C7H12.C2H6/c9-7-5-1-4(2-10)13-6(5)3-12-8(7)11;1-3-5-7-6-4-2;1-2/h1,3H,(H2,11,12);3-4H,1-2,5-7H2;1-2H3. The topological polar surface area (TPSA) is 75.8 Å². The molecule has 0 radical (unpaired) electrons. The maximum atomic E-state index is 8.59. The van der Waals surface area contributed by atoms with Crippen molar-refractivity contribution in [3.8, 4) is 6.07 Å². The van der Waals surface area contributed by atoms with Gasteiger partial charge in [0.05, 0.1) is 10.7 Å². The molecule has 0 atom stereocenters. The third kappa shape index (κ3) is 6.15. The predicted molar refractivity (Wildman–Crippen MR) is 96.4 cm³/mol. The molecular weight excluding hydrogens is 342 g/mol. The number of unbranched alkanes of at least 4 members (excludes halogenated alkanes) is 2. The van der Waals surface area contributed by atoms with E-state index in [1.807, 2.05) is 32.1 Å². The van der Waals surface area contributed by atoms with Crippen molar-refractivity contribution in [3.63, 3.8) is 0 Å². The van der Waals surface area contributed by atoms with Gasteiger partial charge in [-0.25, -0.2) is 4.98 Å². The Hall–Kier alpha value is -2.06. The van der Waals surface area contributed by atoms with Crippen LogP contribution in [0.2, 0.25) is 0 Å². The maximum Gasteiger partial charge on any atom is 0.204 e. The first-order valence-corrected chi connectivity index (χ1v) is 7.88. The number of furan rings is 1. The lowest BCUT2D eigenvalue weighted by atomic mass is 10.2. The van der Waals surface area contributed by atoms with Gasteiger partial charge in [0, 0.05) is 11.5 Å². The van der Waals surface area contributed by atoms with Gasteiger partial charge < -0.3 is 10.2 Å². The summed E-state index contributed by atoms with van der Waals surface area (Å²) in [7, 11) is 0. The zero-order valence-electron chi connectivity index (χ0n) is 13.1. The lowest BCUT2D eigenvalue weighted by Crippen LogP contribution is -1.89. The number of nitriles is 1. The predicted octanol–water partition coefficient (Wildman–Crippen LogP) is 5.60. The number of nitrogen functional groups attached to an aromatic ring is 1. The van der Waals surface area contributed by atoms with E-state index in [0.29, 0.717) is 15.9 Å². The molecule has 0 bridgehead atoms. The first-order chi connectivity index (χ1) is 10.6. The molecule has 0 aliphatic heterocycles. The monoisotopic (exact) mass is 363 g/mol. The SMILES string of the molecule is C=CCCCC=C.CC.N#Cc1cc2c(Br)c(N)ncc2o1. The lowest BCUT2D eigenvalue weighted by molar-refractivity contribution is 0.598. The fraction of sp³-hybridized carbons (Fsp3) is 0.294. The summed E-state index contributed by atoms with van der Waals surface area (Å²) in [5, 5.41) is 9.36. The summed E-state index contributed by atoms with van der Waals surface area (Å²) in [4.78, 5) is 3.88. The van der Waals surface area contributed by atoms with Crippen LogP contribution in [0.25, 0.3) is 11.0 Å². The van der Waals surface area contributed by atoms with E-state index in [2.05, 4.69) is 34.1 Å². The molecule has 0 amide bonds. The Balaban J connectivity index is 0.000000421. The summed E-state index contributed by atoms with van der Waals surface area (Å²) in [5.41, 5.74) is 6.11. The van der Waals surface area contributed by atoms with E-state index in [1.54, 1.807) is 6.07 Å². The first-order valence-electron chi connectivity index (χ1n) is 7.09. The highest BCUT2D eigenvalue weighted by Crippen LogP contribution is 2.29. The van der Waals surface area contributed by atoms with Crippen molar-refractivity contribution in [1.82, 2.24) is 4.98 Å². The smallest absolute Gasteiger partial charge is 0.204 e. The minimum absolute atomic E-state index is 0.253. The number of hydrogen-bond acceptors (Lipinski definition) is 4. The number of fused-ring (bicyclic) bond motifs is 1. The molecule has 118 valence electrons. The van der Waals surface area contributed by atoms with Crippen LogP contribution in [0.1, 0.15) is 38.9 Å². The Morgan fingerprint density at radius 1 is 1.36 bits per heavy atom. The molecule has 2 aromatic heterocycles. The van der Waals surface area contributed by atoms with E-state index in [9.17, 15) is 0 Å². The number of allylic oxidation sites excluding steroid dienone is 2. The van der Waals surface area contributed by atoms with Gasteiger partial charge in [-0.2, -0.15) is 5.26 Å². The molecule has 0 fully saturated rings. The largest absolute Gasteiger partial charge is 0.444 e. The number of hydrogen-bond donors (Lipinski definition) is 1. The number of rotatable bonds is 4. The summed E-state index contributed by atoms with van der Waals surface area (Å²) in [6.45, 7) is 11.2. The second-order valence-electron chi connectivity index (χ2n) is 3.97. The van der Waals surface area contributed by atoms with Crippen molar-refractivity contribution in [2.75, 3.05) is 5.73 Å². The normalized spacial score (nSPS) is 8.82. The van der Waals surface area contributed by atoms with Gasteiger partial charge in [0.25, 0.3) is 0 Å². The molecule has 0 saturated heterocycles. The molecule has 2 heterocycles. The molecule has 5 heteroatoms. The highest BCUT2D eigenvalue weighted by atomic mass is 79.9.